The lowest BCUT2D eigenvalue weighted by Gasteiger charge is -2.23. The Labute approximate surface area is 71.0 Å². The zero-order valence-electron chi connectivity index (χ0n) is 6.87. The Kier molecular flexibility index (Phi) is 1.66. The van der Waals surface area contributed by atoms with Gasteiger partial charge in [0.15, 0.2) is 6.23 Å². The maximum Gasteiger partial charge on any atom is 0.159 e. The first-order valence-electron chi connectivity index (χ1n) is 3.94. The van der Waals surface area contributed by atoms with Gasteiger partial charge in [-0.15, -0.1) is 0 Å². The summed E-state index contributed by atoms with van der Waals surface area (Å²) < 4.78 is 5.30. The molecule has 0 fully saturated rings. The summed E-state index contributed by atoms with van der Waals surface area (Å²) in [5, 5.41) is 12.1. The summed E-state index contributed by atoms with van der Waals surface area (Å²) in [4.78, 5) is 0. The molecule has 64 valence electrons. The van der Waals surface area contributed by atoms with Crippen LogP contribution in [0.4, 0.5) is 5.69 Å². The van der Waals surface area contributed by atoms with Crippen LogP contribution in [0.1, 0.15) is 5.56 Å². The number of hydrogen-bond donors (Lipinski definition) is 2. The molecule has 0 saturated carbocycles. The summed E-state index contributed by atoms with van der Waals surface area (Å²) in [6.45, 7) is 2.32. The zero-order chi connectivity index (χ0) is 8.55. The second-order valence-electron chi connectivity index (χ2n) is 2.97. The van der Waals surface area contributed by atoms with E-state index in [1.165, 1.54) is 0 Å². The van der Waals surface area contributed by atoms with Gasteiger partial charge in [-0.05, 0) is 24.6 Å². The number of hydrogen-bond acceptors (Lipinski definition) is 3. The van der Waals surface area contributed by atoms with Gasteiger partial charge in [-0.25, -0.2) is 0 Å². The van der Waals surface area contributed by atoms with Crippen LogP contribution in [0.5, 0.6) is 5.75 Å². The summed E-state index contributed by atoms with van der Waals surface area (Å²) in [6, 6.07) is 5.84. The highest BCUT2D eigenvalue weighted by atomic mass is 16.5. The van der Waals surface area contributed by atoms with Gasteiger partial charge in [-0.1, -0.05) is 6.07 Å². The van der Waals surface area contributed by atoms with E-state index in [1.807, 2.05) is 25.1 Å². The molecule has 3 heteroatoms. The maximum absolute atomic E-state index is 9.19. The largest absolute Gasteiger partial charge is 0.487 e. The number of nitrogens with one attached hydrogen (secondary N) is 1. The number of rotatable bonds is 0. The van der Waals surface area contributed by atoms with E-state index in [4.69, 9.17) is 4.74 Å². The van der Waals surface area contributed by atoms with Gasteiger partial charge in [0.05, 0.1) is 5.69 Å². The summed E-state index contributed by atoms with van der Waals surface area (Å²) >= 11 is 0. The van der Waals surface area contributed by atoms with Gasteiger partial charge in [0.25, 0.3) is 0 Å². The number of anilines is 1. The Morgan fingerprint density at radius 1 is 1.58 bits per heavy atom. The third-order valence-corrected chi connectivity index (χ3v) is 1.86. The van der Waals surface area contributed by atoms with Crippen LogP contribution in [0.2, 0.25) is 0 Å². The van der Waals surface area contributed by atoms with Crippen molar-refractivity contribution in [3.05, 3.63) is 23.8 Å². The van der Waals surface area contributed by atoms with Gasteiger partial charge >= 0.3 is 0 Å². The van der Waals surface area contributed by atoms with E-state index in [0.29, 0.717) is 6.61 Å². The van der Waals surface area contributed by atoms with Crippen LogP contribution in [0.3, 0.4) is 0 Å². The average molecular weight is 165 g/mol. The predicted octanol–water partition coefficient (Wildman–Crippen LogP) is 1.12. The highest BCUT2D eigenvalue weighted by Crippen LogP contribution is 2.28. The van der Waals surface area contributed by atoms with Crippen molar-refractivity contribution in [3.8, 4) is 5.75 Å². The molecule has 0 aromatic heterocycles. The lowest BCUT2D eigenvalue weighted by atomic mass is 10.2. The van der Waals surface area contributed by atoms with Crippen molar-refractivity contribution >= 4 is 5.69 Å². The second-order valence-corrected chi connectivity index (χ2v) is 2.97. The standard InChI is InChI=1S/C9H11NO2/c1-6-2-3-7-8(4-6)12-5-9(11)10-7/h2-4,9-11H,5H2,1H3. The average Bonchev–Trinajstić information content (AvgIpc) is 2.05. The Balaban J connectivity index is 2.37. The first-order chi connectivity index (χ1) is 5.75. The van der Waals surface area contributed by atoms with Gasteiger partial charge in [0.1, 0.15) is 12.4 Å². The van der Waals surface area contributed by atoms with Gasteiger partial charge in [0, 0.05) is 0 Å². The minimum Gasteiger partial charge on any atom is -0.487 e. The molecule has 0 spiro atoms. The number of ether oxygens (including phenoxy) is 1. The minimum absolute atomic E-state index is 0.316. The van der Waals surface area contributed by atoms with Crippen molar-refractivity contribution < 1.29 is 9.84 Å². The Hall–Kier alpha value is -1.22. The first kappa shape index (κ1) is 7.43. The topological polar surface area (TPSA) is 41.5 Å². The number of aliphatic hydroxyl groups excluding tert-OH is 1. The van der Waals surface area contributed by atoms with Gasteiger partial charge in [-0.3, -0.25) is 0 Å². The van der Waals surface area contributed by atoms with Crippen LogP contribution in [-0.4, -0.2) is 17.9 Å². The summed E-state index contributed by atoms with van der Waals surface area (Å²) in [5.41, 5.74) is 2.02. The van der Waals surface area contributed by atoms with Crippen LogP contribution in [0.25, 0.3) is 0 Å². The van der Waals surface area contributed by atoms with Crippen molar-refractivity contribution in [3.63, 3.8) is 0 Å². The molecule has 1 unspecified atom stereocenters. The second kappa shape index (κ2) is 2.68. The molecule has 1 aliphatic rings. The molecule has 1 aromatic rings. The van der Waals surface area contributed by atoms with Crippen LogP contribution in [0, 0.1) is 6.92 Å². The summed E-state index contributed by atoms with van der Waals surface area (Å²) in [7, 11) is 0. The minimum atomic E-state index is -0.583. The number of fused-ring (bicyclic) bond motifs is 1. The molecule has 12 heavy (non-hydrogen) atoms. The fraction of sp³-hybridized carbons (Fsp3) is 0.333. The molecule has 0 saturated heterocycles. The molecular formula is C9H11NO2. The number of aryl methyl sites for hydroxylation is 1. The molecule has 1 aromatic carbocycles. The fourth-order valence-corrected chi connectivity index (χ4v) is 1.26. The normalized spacial score (nSPS) is 20.7. The van der Waals surface area contributed by atoms with Crippen molar-refractivity contribution in [1.82, 2.24) is 0 Å². The summed E-state index contributed by atoms with van der Waals surface area (Å²) in [5.74, 6) is 0.820. The smallest absolute Gasteiger partial charge is 0.159 e. The third kappa shape index (κ3) is 1.23. The molecule has 3 nitrogen and oxygen atoms in total. The van der Waals surface area contributed by atoms with Crippen molar-refractivity contribution in [1.29, 1.82) is 0 Å². The Morgan fingerprint density at radius 2 is 2.42 bits per heavy atom. The van der Waals surface area contributed by atoms with Crippen LogP contribution in [0.15, 0.2) is 18.2 Å². The molecule has 0 amide bonds. The Bertz CT molecular complexity index is 299. The quantitative estimate of drug-likeness (QED) is 0.605. The van der Waals surface area contributed by atoms with E-state index < -0.39 is 6.23 Å². The van der Waals surface area contributed by atoms with E-state index in [2.05, 4.69) is 5.32 Å². The zero-order valence-corrected chi connectivity index (χ0v) is 6.87. The van der Waals surface area contributed by atoms with Crippen molar-refractivity contribution in [2.45, 2.75) is 13.2 Å². The van der Waals surface area contributed by atoms with E-state index in [9.17, 15) is 5.11 Å². The van der Waals surface area contributed by atoms with Crippen LogP contribution >= 0.6 is 0 Å². The molecule has 1 aliphatic heterocycles. The van der Waals surface area contributed by atoms with Crippen LogP contribution < -0.4 is 10.1 Å². The Morgan fingerprint density at radius 3 is 3.25 bits per heavy atom. The van der Waals surface area contributed by atoms with Crippen molar-refractivity contribution in [2.75, 3.05) is 11.9 Å². The number of benzene rings is 1. The lowest BCUT2D eigenvalue weighted by molar-refractivity contribution is 0.119. The number of aliphatic hydroxyl groups is 1. The monoisotopic (exact) mass is 165 g/mol. The molecule has 0 radical (unpaired) electrons. The fourth-order valence-electron chi connectivity index (χ4n) is 1.26. The molecule has 0 aliphatic carbocycles. The van der Waals surface area contributed by atoms with Crippen molar-refractivity contribution in [2.24, 2.45) is 0 Å². The summed E-state index contributed by atoms with van der Waals surface area (Å²) in [6.07, 6.45) is -0.583. The van der Waals surface area contributed by atoms with Gasteiger partial charge in [0.2, 0.25) is 0 Å². The molecule has 1 atom stereocenters. The maximum atomic E-state index is 9.19. The van der Waals surface area contributed by atoms with Crippen LogP contribution in [-0.2, 0) is 0 Å². The van der Waals surface area contributed by atoms with E-state index in [0.717, 1.165) is 17.0 Å². The highest BCUT2D eigenvalue weighted by molar-refractivity contribution is 5.59. The van der Waals surface area contributed by atoms with E-state index >= 15 is 0 Å². The molecule has 2 N–H and O–H groups in total. The molecule has 1 heterocycles. The predicted molar refractivity (Wildman–Crippen MR) is 46.3 cm³/mol. The SMILES string of the molecule is Cc1ccc2c(c1)OCC(O)N2. The molecule has 0 bridgehead atoms. The van der Waals surface area contributed by atoms with E-state index in [1.54, 1.807) is 0 Å². The van der Waals surface area contributed by atoms with E-state index in [-0.39, 0.29) is 0 Å². The van der Waals surface area contributed by atoms with Gasteiger partial charge in [-0.2, -0.15) is 0 Å². The molecule has 2 rings (SSSR count). The first-order valence-corrected chi connectivity index (χ1v) is 3.94. The molecular weight excluding hydrogens is 154 g/mol. The lowest BCUT2D eigenvalue weighted by Crippen LogP contribution is -2.30. The third-order valence-electron chi connectivity index (χ3n) is 1.86. The highest BCUT2D eigenvalue weighted by Gasteiger charge is 2.15. The van der Waals surface area contributed by atoms with Gasteiger partial charge < -0.3 is 15.2 Å².